The fraction of sp³-hybridized carbons (Fsp3) is 0.750. The van der Waals surface area contributed by atoms with Crippen molar-refractivity contribution in [3.8, 4) is 0 Å². The van der Waals surface area contributed by atoms with Gasteiger partial charge in [0.05, 0.1) is 6.04 Å². The Bertz CT molecular complexity index is 394. The molecule has 1 rings (SSSR count). The van der Waals surface area contributed by atoms with Gasteiger partial charge in [0.1, 0.15) is 6.04 Å². The number of carbonyl (C=O) groups excluding carboxylic acids is 2. The quantitative estimate of drug-likeness (QED) is 0.676. The highest BCUT2D eigenvalue weighted by Crippen LogP contribution is 2.36. The van der Waals surface area contributed by atoms with E-state index in [4.69, 9.17) is 5.73 Å². The van der Waals surface area contributed by atoms with Crippen molar-refractivity contribution < 1.29 is 19.5 Å². The molecule has 0 radical (unpaired) electrons. The fourth-order valence-electron chi connectivity index (χ4n) is 2.70. The number of nitrogens with zero attached hydrogens (tertiary/aromatic N) is 1. The predicted octanol–water partition coefficient (Wildman–Crippen LogP) is 0.145. The van der Waals surface area contributed by atoms with Crippen molar-refractivity contribution in [3.05, 3.63) is 0 Å². The average molecular weight is 271 g/mol. The molecule has 7 heteroatoms. The van der Waals surface area contributed by atoms with Crippen LogP contribution in [0.4, 0.5) is 4.79 Å². The lowest BCUT2D eigenvalue weighted by atomic mass is 9.76. The van der Waals surface area contributed by atoms with Gasteiger partial charge in [-0.3, -0.25) is 19.8 Å². The van der Waals surface area contributed by atoms with Gasteiger partial charge in [-0.1, -0.05) is 13.8 Å². The maximum atomic E-state index is 11.8. The molecule has 2 atom stereocenters. The van der Waals surface area contributed by atoms with Crippen LogP contribution in [0.25, 0.3) is 0 Å². The summed E-state index contributed by atoms with van der Waals surface area (Å²) in [5.41, 5.74) is 4.48. The van der Waals surface area contributed by atoms with Gasteiger partial charge in [-0.25, -0.2) is 4.79 Å². The Kier molecular flexibility index (Phi) is 4.52. The van der Waals surface area contributed by atoms with Crippen molar-refractivity contribution in [2.45, 2.75) is 45.7 Å². The monoisotopic (exact) mass is 271 g/mol. The highest BCUT2D eigenvalue weighted by molar-refractivity contribution is 5.96. The summed E-state index contributed by atoms with van der Waals surface area (Å²) >= 11 is 0. The van der Waals surface area contributed by atoms with Gasteiger partial charge in [0.25, 0.3) is 0 Å². The first-order valence-corrected chi connectivity index (χ1v) is 6.25. The maximum Gasteiger partial charge on any atom is 0.321 e. The largest absolute Gasteiger partial charge is 0.480 e. The standard InChI is InChI=1S/C12H21N3O4/c1-7(9(16)14-11(13)19)15-6-4-5-12(2,3)8(15)10(17)18/h7-8H,4-6H2,1-3H3,(H,17,18)(H3,13,14,16,19). The van der Waals surface area contributed by atoms with E-state index >= 15 is 0 Å². The van der Waals surface area contributed by atoms with Gasteiger partial charge in [0, 0.05) is 0 Å². The maximum absolute atomic E-state index is 11.8. The van der Waals surface area contributed by atoms with Crippen molar-refractivity contribution in [3.63, 3.8) is 0 Å². The number of primary amides is 1. The number of piperidine rings is 1. The van der Waals surface area contributed by atoms with Gasteiger partial charge in [-0.2, -0.15) is 0 Å². The van der Waals surface area contributed by atoms with E-state index in [9.17, 15) is 19.5 Å². The molecule has 1 aliphatic heterocycles. The van der Waals surface area contributed by atoms with Crippen LogP contribution in [-0.2, 0) is 9.59 Å². The van der Waals surface area contributed by atoms with E-state index < -0.39 is 35.4 Å². The molecule has 1 saturated heterocycles. The number of urea groups is 1. The first-order chi connectivity index (χ1) is 8.66. The molecule has 0 aliphatic carbocycles. The summed E-state index contributed by atoms with van der Waals surface area (Å²) in [6.45, 7) is 5.83. The molecule has 1 fully saturated rings. The summed E-state index contributed by atoms with van der Waals surface area (Å²) in [4.78, 5) is 35.6. The second kappa shape index (κ2) is 5.56. The van der Waals surface area contributed by atoms with Crippen LogP contribution in [0.15, 0.2) is 0 Å². The molecular weight excluding hydrogens is 250 g/mol. The Morgan fingerprint density at radius 1 is 1.42 bits per heavy atom. The molecule has 19 heavy (non-hydrogen) atoms. The summed E-state index contributed by atoms with van der Waals surface area (Å²) in [6, 6.07) is -2.40. The third-order valence-corrected chi connectivity index (χ3v) is 3.67. The average Bonchev–Trinajstić information content (AvgIpc) is 2.24. The molecule has 1 heterocycles. The van der Waals surface area contributed by atoms with Crippen LogP contribution >= 0.6 is 0 Å². The van der Waals surface area contributed by atoms with Crippen molar-refractivity contribution in [1.29, 1.82) is 0 Å². The number of nitrogens with one attached hydrogen (secondary N) is 1. The lowest BCUT2D eigenvalue weighted by Gasteiger charge is -2.46. The van der Waals surface area contributed by atoms with E-state index in [-0.39, 0.29) is 0 Å². The summed E-state index contributed by atoms with van der Waals surface area (Å²) in [7, 11) is 0. The first kappa shape index (κ1) is 15.4. The van der Waals surface area contributed by atoms with Crippen LogP contribution in [0, 0.1) is 5.41 Å². The van der Waals surface area contributed by atoms with E-state index in [1.54, 1.807) is 11.8 Å². The zero-order valence-corrected chi connectivity index (χ0v) is 11.5. The minimum Gasteiger partial charge on any atom is -0.480 e. The fourth-order valence-corrected chi connectivity index (χ4v) is 2.70. The van der Waals surface area contributed by atoms with Crippen LogP contribution in [0.1, 0.15) is 33.6 Å². The molecule has 0 bridgehead atoms. The topological polar surface area (TPSA) is 113 Å². The molecule has 0 aromatic carbocycles. The van der Waals surface area contributed by atoms with Gasteiger partial charge in [-0.05, 0) is 31.7 Å². The smallest absolute Gasteiger partial charge is 0.321 e. The number of carbonyl (C=O) groups is 3. The van der Waals surface area contributed by atoms with E-state index in [0.29, 0.717) is 6.54 Å². The molecule has 108 valence electrons. The van der Waals surface area contributed by atoms with E-state index in [2.05, 4.69) is 0 Å². The Morgan fingerprint density at radius 2 is 2.00 bits per heavy atom. The highest BCUT2D eigenvalue weighted by atomic mass is 16.4. The first-order valence-electron chi connectivity index (χ1n) is 6.25. The lowest BCUT2D eigenvalue weighted by Crippen LogP contribution is -2.60. The zero-order chi connectivity index (χ0) is 14.8. The zero-order valence-electron chi connectivity index (χ0n) is 11.5. The van der Waals surface area contributed by atoms with Crippen LogP contribution in [0.2, 0.25) is 0 Å². The summed E-state index contributed by atoms with van der Waals surface area (Å²) in [5, 5.41) is 11.4. The van der Waals surface area contributed by atoms with Crippen molar-refractivity contribution >= 4 is 17.9 Å². The van der Waals surface area contributed by atoms with Gasteiger partial charge >= 0.3 is 12.0 Å². The number of nitrogens with two attached hydrogens (primary N) is 1. The minimum atomic E-state index is -0.955. The Balaban J connectivity index is 2.92. The molecule has 1 aliphatic rings. The number of likely N-dealkylation sites (tertiary alicyclic amines) is 1. The number of imide groups is 1. The van der Waals surface area contributed by atoms with Gasteiger partial charge in [0.15, 0.2) is 0 Å². The molecular formula is C12H21N3O4. The van der Waals surface area contributed by atoms with Crippen molar-refractivity contribution in [1.82, 2.24) is 10.2 Å². The molecule has 0 spiro atoms. The second-order valence-electron chi connectivity index (χ2n) is 5.60. The predicted molar refractivity (Wildman–Crippen MR) is 68.3 cm³/mol. The Hall–Kier alpha value is -1.63. The van der Waals surface area contributed by atoms with Crippen molar-refractivity contribution in [2.75, 3.05) is 6.54 Å². The number of amides is 3. The number of rotatable bonds is 3. The number of hydrogen-bond acceptors (Lipinski definition) is 4. The summed E-state index contributed by atoms with van der Waals surface area (Å²) in [6.07, 6.45) is 1.59. The number of hydrogen-bond donors (Lipinski definition) is 3. The normalized spacial score (nSPS) is 24.5. The molecule has 2 unspecified atom stereocenters. The molecule has 0 aromatic heterocycles. The molecule has 3 amide bonds. The van der Waals surface area contributed by atoms with E-state index in [1.807, 2.05) is 19.2 Å². The third kappa shape index (κ3) is 3.44. The lowest BCUT2D eigenvalue weighted by molar-refractivity contribution is -0.153. The van der Waals surface area contributed by atoms with Crippen LogP contribution < -0.4 is 11.1 Å². The molecule has 4 N–H and O–H groups in total. The Labute approximate surface area is 112 Å². The van der Waals surface area contributed by atoms with Crippen LogP contribution in [0.3, 0.4) is 0 Å². The number of carboxylic acid groups (broad SMARTS) is 1. The number of carboxylic acids is 1. The third-order valence-electron chi connectivity index (χ3n) is 3.67. The second-order valence-corrected chi connectivity index (χ2v) is 5.60. The molecule has 0 saturated carbocycles. The molecule has 0 aromatic rings. The highest BCUT2D eigenvalue weighted by Gasteiger charge is 2.45. The summed E-state index contributed by atoms with van der Waals surface area (Å²) in [5.74, 6) is -1.53. The van der Waals surface area contributed by atoms with E-state index in [0.717, 1.165) is 12.8 Å². The van der Waals surface area contributed by atoms with Gasteiger partial charge in [-0.15, -0.1) is 0 Å². The minimum absolute atomic E-state index is 0.425. The number of aliphatic carboxylic acids is 1. The van der Waals surface area contributed by atoms with Crippen LogP contribution in [0.5, 0.6) is 0 Å². The SMILES string of the molecule is CC(C(=O)NC(N)=O)N1CCCC(C)(C)C1C(=O)O. The van der Waals surface area contributed by atoms with E-state index in [1.165, 1.54) is 0 Å². The Morgan fingerprint density at radius 3 is 2.47 bits per heavy atom. The van der Waals surface area contributed by atoms with Crippen LogP contribution in [-0.4, -0.2) is 46.5 Å². The summed E-state index contributed by atoms with van der Waals surface area (Å²) < 4.78 is 0. The van der Waals surface area contributed by atoms with Gasteiger partial charge < -0.3 is 10.8 Å². The van der Waals surface area contributed by atoms with Crippen molar-refractivity contribution in [2.24, 2.45) is 11.1 Å². The van der Waals surface area contributed by atoms with Gasteiger partial charge in [0.2, 0.25) is 5.91 Å². The molecule has 7 nitrogen and oxygen atoms in total.